The first-order valence-electron chi connectivity index (χ1n) is 6.35. The van der Waals surface area contributed by atoms with E-state index >= 15 is 0 Å². The molecule has 18 heavy (non-hydrogen) atoms. The number of aliphatic carboxylic acids is 1. The molecule has 0 radical (unpaired) electrons. The van der Waals surface area contributed by atoms with Crippen molar-refractivity contribution in [2.24, 2.45) is 0 Å². The van der Waals surface area contributed by atoms with Gasteiger partial charge in [-0.05, 0) is 24.5 Å². The van der Waals surface area contributed by atoms with E-state index in [-0.39, 0.29) is 6.42 Å². The van der Waals surface area contributed by atoms with Crippen molar-refractivity contribution in [2.45, 2.75) is 19.3 Å². The zero-order chi connectivity index (χ0) is 13.1. The normalized spacial score (nSPS) is 14.6. The Morgan fingerprint density at radius 2 is 2.00 bits per heavy atom. The largest absolute Gasteiger partial charge is 0.481 e. The number of para-hydroxylation sites is 1. The maximum Gasteiger partial charge on any atom is 0.303 e. The van der Waals surface area contributed by atoms with Crippen molar-refractivity contribution >= 4 is 17.3 Å². The summed E-state index contributed by atoms with van der Waals surface area (Å²) < 4.78 is 0. The molecule has 0 spiro atoms. The summed E-state index contributed by atoms with van der Waals surface area (Å²) >= 11 is 0. The van der Waals surface area contributed by atoms with Crippen LogP contribution in [0.25, 0.3) is 0 Å². The van der Waals surface area contributed by atoms with Gasteiger partial charge in [0.25, 0.3) is 0 Å². The number of carboxylic acid groups (broad SMARTS) is 1. The summed E-state index contributed by atoms with van der Waals surface area (Å²) in [4.78, 5) is 15.1. The zero-order valence-electron chi connectivity index (χ0n) is 11.0. The standard InChI is InChI=1S/C14H20N2O2/c1-15-9-10-16(2)14-11(5-3-7-12(14)15)6-4-8-13(17)18/h3,5,7H,4,6,8-10H2,1-2H3,(H,17,18). The Kier molecular flexibility index (Phi) is 3.75. The molecule has 1 N–H and O–H groups in total. The zero-order valence-corrected chi connectivity index (χ0v) is 11.0. The Labute approximate surface area is 108 Å². The lowest BCUT2D eigenvalue weighted by atomic mass is 10.0. The van der Waals surface area contributed by atoms with Crippen molar-refractivity contribution in [3.63, 3.8) is 0 Å². The number of aryl methyl sites for hydroxylation is 1. The van der Waals surface area contributed by atoms with Crippen LogP contribution in [0.2, 0.25) is 0 Å². The van der Waals surface area contributed by atoms with Crippen LogP contribution in [-0.2, 0) is 11.2 Å². The third-order valence-electron chi connectivity index (χ3n) is 3.50. The minimum Gasteiger partial charge on any atom is -0.481 e. The minimum absolute atomic E-state index is 0.239. The maximum absolute atomic E-state index is 10.6. The van der Waals surface area contributed by atoms with E-state index in [4.69, 9.17) is 5.11 Å². The number of hydrogen-bond donors (Lipinski definition) is 1. The molecule has 4 nitrogen and oxygen atoms in total. The number of carboxylic acids is 1. The maximum atomic E-state index is 10.6. The molecule has 1 aliphatic rings. The molecular formula is C14H20N2O2. The van der Waals surface area contributed by atoms with Gasteiger partial charge in [0.2, 0.25) is 0 Å². The molecule has 1 heterocycles. The molecule has 0 fully saturated rings. The van der Waals surface area contributed by atoms with Crippen molar-refractivity contribution in [1.82, 2.24) is 0 Å². The topological polar surface area (TPSA) is 43.8 Å². The van der Waals surface area contributed by atoms with Gasteiger partial charge < -0.3 is 14.9 Å². The van der Waals surface area contributed by atoms with E-state index in [2.05, 4.69) is 42.1 Å². The third-order valence-corrected chi connectivity index (χ3v) is 3.50. The summed E-state index contributed by atoms with van der Waals surface area (Å²) in [5.41, 5.74) is 3.76. The van der Waals surface area contributed by atoms with Crippen LogP contribution in [0.1, 0.15) is 18.4 Å². The van der Waals surface area contributed by atoms with Crippen molar-refractivity contribution in [3.8, 4) is 0 Å². The molecule has 1 aromatic rings. The number of likely N-dealkylation sites (N-methyl/N-ethyl adjacent to an activating group) is 2. The van der Waals surface area contributed by atoms with Gasteiger partial charge in [-0.1, -0.05) is 12.1 Å². The van der Waals surface area contributed by atoms with Crippen LogP contribution in [-0.4, -0.2) is 38.3 Å². The van der Waals surface area contributed by atoms with Gasteiger partial charge in [0.1, 0.15) is 0 Å². The lowest BCUT2D eigenvalue weighted by Gasteiger charge is -2.36. The number of nitrogens with zero attached hydrogens (tertiary/aromatic N) is 2. The molecule has 0 atom stereocenters. The summed E-state index contributed by atoms with van der Waals surface area (Å²) in [5, 5.41) is 8.71. The van der Waals surface area contributed by atoms with Crippen molar-refractivity contribution < 1.29 is 9.90 Å². The van der Waals surface area contributed by atoms with E-state index in [9.17, 15) is 4.79 Å². The van der Waals surface area contributed by atoms with Crippen molar-refractivity contribution in [3.05, 3.63) is 23.8 Å². The lowest BCUT2D eigenvalue weighted by molar-refractivity contribution is -0.137. The highest BCUT2D eigenvalue weighted by Gasteiger charge is 2.20. The molecule has 1 aliphatic heterocycles. The second-order valence-corrected chi connectivity index (χ2v) is 4.88. The lowest BCUT2D eigenvalue weighted by Crippen LogP contribution is -2.37. The predicted octanol–water partition coefficient (Wildman–Crippen LogP) is 1.98. The van der Waals surface area contributed by atoms with Gasteiger partial charge in [0.05, 0.1) is 11.4 Å². The van der Waals surface area contributed by atoms with Gasteiger partial charge >= 0.3 is 5.97 Å². The van der Waals surface area contributed by atoms with Crippen LogP contribution in [0.5, 0.6) is 0 Å². The van der Waals surface area contributed by atoms with Crippen LogP contribution in [0.4, 0.5) is 11.4 Å². The fourth-order valence-corrected chi connectivity index (χ4v) is 2.49. The first-order valence-corrected chi connectivity index (χ1v) is 6.35. The predicted molar refractivity (Wildman–Crippen MR) is 73.6 cm³/mol. The van der Waals surface area contributed by atoms with Gasteiger partial charge in [-0.15, -0.1) is 0 Å². The number of rotatable bonds is 4. The number of fused-ring (bicyclic) bond motifs is 1. The SMILES string of the molecule is CN1CCN(C)c2c(CCCC(=O)O)cccc21. The first kappa shape index (κ1) is 12.7. The Balaban J connectivity index is 2.20. The van der Waals surface area contributed by atoms with Gasteiger partial charge in [0, 0.05) is 33.6 Å². The molecule has 0 unspecified atom stereocenters. The molecule has 0 saturated heterocycles. The second kappa shape index (κ2) is 5.29. The van der Waals surface area contributed by atoms with Crippen LogP contribution in [0.3, 0.4) is 0 Å². The Morgan fingerprint density at radius 3 is 2.72 bits per heavy atom. The van der Waals surface area contributed by atoms with Gasteiger partial charge in [-0.3, -0.25) is 4.79 Å². The average Bonchev–Trinajstić information content (AvgIpc) is 2.33. The molecule has 0 bridgehead atoms. The Morgan fingerprint density at radius 1 is 1.28 bits per heavy atom. The fraction of sp³-hybridized carbons (Fsp3) is 0.500. The van der Waals surface area contributed by atoms with Crippen LogP contribution >= 0.6 is 0 Å². The van der Waals surface area contributed by atoms with Gasteiger partial charge in [-0.2, -0.15) is 0 Å². The molecular weight excluding hydrogens is 228 g/mol. The molecule has 0 aliphatic carbocycles. The average molecular weight is 248 g/mol. The molecule has 0 amide bonds. The molecule has 98 valence electrons. The van der Waals surface area contributed by atoms with E-state index in [1.54, 1.807) is 0 Å². The minimum atomic E-state index is -0.717. The van der Waals surface area contributed by atoms with E-state index < -0.39 is 5.97 Å². The number of hydrogen-bond acceptors (Lipinski definition) is 3. The molecule has 0 saturated carbocycles. The highest BCUT2D eigenvalue weighted by molar-refractivity contribution is 5.76. The fourth-order valence-electron chi connectivity index (χ4n) is 2.49. The summed E-state index contributed by atoms with van der Waals surface area (Å²) in [7, 11) is 4.21. The quantitative estimate of drug-likeness (QED) is 0.885. The van der Waals surface area contributed by atoms with E-state index in [1.165, 1.54) is 16.9 Å². The highest BCUT2D eigenvalue weighted by atomic mass is 16.4. The molecule has 1 aromatic carbocycles. The number of benzene rings is 1. The Hall–Kier alpha value is -1.71. The van der Waals surface area contributed by atoms with Crippen LogP contribution in [0.15, 0.2) is 18.2 Å². The van der Waals surface area contributed by atoms with Crippen LogP contribution in [0, 0.1) is 0 Å². The van der Waals surface area contributed by atoms with Gasteiger partial charge in [-0.25, -0.2) is 0 Å². The molecule has 2 rings (SSSR count). The van der Waals surface area contributed by atoms with Crippen molar-refractivity contribution in [1.29, 1.82) is 0 Å². The van der Waals surface area contributed by atoms with Crippen molar-refractivity contribution in [2.75, 3.05) is 37.0 Å². The van der Waals surface area contributed by atoms with E-state index in [0.717, 1.165) is 19.5 Å². The first-order chi connectivity index (χ1) is 8.59. The van der Waals surface area contributed by atoms with E-state index in [1.807, 2.05) is 0 Å². The number of carbonyl (C=O) groups is 1. The third kappa shape index (κ3) is 2.58. The molecule has 0 aromatic heterocycles. The Bertz CT molecular complexity index is 445. The highest BCUT2D eigenvalue weighted by Crippen LogP contribution is 2.35. The summed E-state index contributed by atoms with van der Waals surface area (Å²) in [6.45, 7) is 2.04. The van der Waals surface area contributed by atoms with Gasteiger partial charge in [0.15, 0.2) is 0 Å². The smallest absolute Gasteiger partial charge is 0.303 e. The number of anilines is 2. The van der Waals surface area contributed by atoms with E-state index in [0.29, 0.717) is 6.42 Å². The molecule has 4 heteroatoms. The summed E-state index contributed by atoms with van der Waals surface area (Å²) in [6.07, 6.45) is 1.76. The summed E-state index contributed by atoms with van der Waals surface area (Å²) in [6, 6.07) is 6.30. The summed E-state index contributed by atoms with van der Waals surface area (Å²) in [5.74, 6) is -0.717. The second-order valence-electron chi connectivity index (χ2n) is 4.88. The van der Waals surface area contributed by atoms with Crippen LogP contribution < -0.4 is 9.80 Å². The monoisotopic (exact) mass is 248 g/mol.